The molecule has 3 atom stereocenters. The van der Waals surface area contributed by atoms with Crippen molar-refractivity contribution in [2.75, 3.05) is 31.6 Å². The molecule has 46 heavy (non-hydrogen) atoms. The van der Waals surface area contributed by atoms with E-state index in [1.807, 2.05) is 73.7 Å². The van der Waals surface area contributed by atoms with Gasteiger partial charge < -0.3 is 9.64 Å². The second-order valence-corrected chi connectivity index (χ2v) is 13.8. The molecule has 0 saturated carbocycles. The number of hydrogen-bond donors (Lipinski definition) is 0. The molecule has 10 heteroatoms. The predicted molar refractivity (Wildman–Crippen MR) is 180 cm³/mol. The lowest BCUT2D eigenvalue weighted by molar-refractivity contribution is -0.149. The average Bonchev–Trinajstić information content (AvgIpc) is 3.09. The van der Waals surface area contributed by atoms with Crippen LogP contribution in [-0.4, -0.2) is 74.2 Å². The summed E-state index contributed by atoms with van der Waals surface area (Å²) in [6.07, 6.45) is 2.26. The summed E-state index contributed by atoms with van der Waals surface area (Å²) in [5.41, 5.74) is 0.486. The molecule has 4 aromatic carbocycles. The summed E-state index contributed by atoms with van der Waals surface area (Å²) >= 11 is 0. The van der Waals surface area contributed by atoms with Gasteiger partial charge in [-0.15, -0.1) is 0 Å². The number of carbonyl (C=O) groups is 3. The van der Waals surface area contributed by atoms with Crippen molar-refractivity contribution in [1.29, 1.82) is 0 Å². The highest BCUT2D eigenvalue weighted by molar-refractivity contribution is 7.89. The fourth-order valence-corrected chi connectivity index (χ4v) is 7.90. The maximum Gasteiger partial charge on any atom is 0.317 e. The molecule has 0 spiro atoms. The Morgan fingerprint density at radius 3 is 2.11 bits per heavy atom. The first-order valence-electron chi connectivity index (χ1n) is 15.8. The lowest BCUT2D eigenvalue weighted by atomic mass is 10.0. The zero-order valence-electron chi connectivity index (χ0n) is 26.8. The van der Waals surface area contributed by atoms with E-state index in [0.29, 0.717) is 12.1 Å². The number of rotatable bonds is 10. The number of fused-ring (bicyclic) bond motifs is 2. The standard InChI is InChI=1S/C36H41N3O6S/c1-5-6-15-32-24-37(20-21-38(32)46(43,44)33-19-17-28-12-8-10-14-30(28)23-33)35(41)26(3)39(34(40)25(2)36(42)45-4)31-18-16-27-11-7-9-13-29(27)22-31/h7-14,16-19,22-23,25-26,32H,5-6,15,20-21,24H2,1-4H3. The maximum absolute atomic E-state index is 14.2. The molecule has 242 valence electrons. The largest absolute Gasteiger partial charge is 0.468 e. The summed E-state index contributed by atoms with van der Waals surface area (Å²) in [5.74, 6) is -2.69. The van der Waals surface area contributed by atoms with E-state index in [1.54, 1.807) is 30.0 Å². The minimum Gasteiger partial charge on any atom is -0.468 e. The number of unbranched alkanes of at least 4 members (excludes halogenated alkanes) is 1. The molecular weight excluding hydrogens is 602 g/mol. The molecule has 5 rings (SSSR count). The molecule has 1 saturated heterocycles. The van der Waals surface area contributed by atoms with Gasteiger partial charge in [-0.05, 0) is 66.1 Å². The first-order chi connectivity index (χ1) is 22.1. The highest BCUT2D eigenvalue weighted by Gasteiger charge is 2.41. The first kappa shape index (κ1) is 33.1. The first-order valence-corrected chi connectivity index (χ1v) is 17.2. The van der Waals surface area contributed by atoms with Crippen LogP contribution in [0, 0.1) is 5.92 Å². The van der Waals surface area contributed by atoms with Gasteiger partial charge in [-0.2, -0.15) is 4.31 Å². The molecule has 1 aliphatic heterocycles. The lowest BCUT2D eigenvalue weighted by Crippen LogP contribution is -2.60. The quantitative estimate of drug-likeness (QED) is 0.164. The number of methoxy groups -OCH3 is 1. The summed E-state index contributed by atoms with van der Waals surface area (Å²) in [7, 11) is -2.62. The van der Waals surface area contributed by atoms with E-state index in [4.69, 9.17) is 4.74 Å². The van der Waals surface area contributed by atoms with Gasteiger partial charge in [-0.3, -0.25) is 19.3 Å². The van der Waals surface area contributed by atoms with Gasteiger partial charge in [0.15, 0.2) is 0 Å². The number of ether oxygens (including phenoxy) is 1. The second kappa shape index (κ2) is 14.0. The van der Waals surface area contributed by atoms with Crippen molar-refractivity contribution in [2.24, 2.45) is 5.92 Å². The maximum atomic E-state index is 14.2. The predicted octanol–water partition coefficient (Wildman–Crippen LogP) is 5.62. The molecule has 0 N–H and O–H groups in total. The normalized spacial score (nSPS) is 17.0. The molecule has 3 unspecified atom stereocenters. The van der Waals surface area contributed by atoms with Crippen LogP contribution in [0.4, 0.5) is 5.69 Å². The monoisotopic (exact) mass is 643 g/mol. The zero-order chi connectivity index (χ0) is 33.0. The molecule has 1 fully saturated rings. The van der Waals surface area contributed by atoms with Crippen LogP contribution in [0.15, 0.2) is 89.8 Å². The summed E-state index contributed by atoms with van der Waals surface area (Å²) in [6.45, 7) is 5.67. The van der Waals surface area contributed by atoms with Crippen LogP contribution in [0.1, 0.15) is 40.0 Å². The van der Waals surface area contributed by atoms with Crippen molar-refractivity contribution in [3.63, 3.8) is 0 Å². The Morgan fingerprint density at radius 2 is 1.48 bits per heavy atom. The van der Waals surface area contributed by atoms with Crippen molar-refractivity contribution in [2.45, 2.75) is 57.0 Å². The Hall–Kier alpha value is -4.28. The van der Waals surface area contributed by atoms with E-state index in [0.717, 1.165) is 34.4 Å². The average molecular weight is 644 g/mol. The van der Waals surface area contributed by atoms with Gasteiger partial charge in [0.25, 0.3) is 0 Å². The molecule has 1 aliphatic rings. The highest BCUT2D eigenvalue weighted by Crippen LogP contribution is 2.30. The van der Waals surface area contributed by atoms with Crippen LogP contribution in [-0.2, 0) is 29.1 Å². The van der Waals surface area contributed by atoms with Crippen LogP contribution in [0.25, 0.3) is 21.5 Å². The van der Waals surface area contributed by atoms with Crippen molar-refractivity contribution in [1.82, 2.24) is 9.21 Å². The number of carbonyl (C=O) groups excluding carboxylic acids is 3. The summed E-state index contributed by atoms with van der Waals surface area (Å²) in [4.78, 5) is 43.7. The smallest absolute Gasteiger partial charge is 0.317 e. The molecule has 9 nitrogen and oxygen atoms in total. The number of piperazine rings is 1. The Kier molecular flexibility index (Phi) is 10.1. The molecule has 0 aliphatic carbocycles. The third kappa shape index (κ3) is 6.64. The fourth-order valence-electron chi connectivity index (χ4n) is 6.22. The van der Waals surface area contributed by atoms with Gasteiger partial charge in [0, 0.05) is 31.4 Å². The zero-order valence-corrected chi connectivity index (χ0v) is 27.6. The van der Waals surface area contributed by atoms with E-state index in [9.17, 15) is 22.8 Å². The van der Waals surface area contributed by atoms with Crippen LogP contribution in [0.3, 0.4) is 0 Å². The number of esters is 1. The van der Waals surface area contributed by atoms with E-state index >= 15 is 0 Å². The third-order valence-electron chi connectivity index (χ3n) is 8.88. The molecular formula is C36H41N3O6S. The minimum atomic E-state index is -3.84. The van der Waals surface area contributed by atoms with Gasteiger partial charge in [0.05, 0.1) is 12.0 Å². The molecule has 1 heterocycles. The summed E-state index contributed by atoms with van der Waals surface area (Å²) in [6, 6.07) is 24.6. The second-order valence-electron chi connectivity index (χ2n) is 11.9. The number of amides is 2. The van der Waals surface area contributed by atoms with Crippen LogP contribution in [0.5, 0.6) is 0 Å². The van der Waals surface area contributed by atoms with E-state index in [2.05, 4.69) is 0 Å². The fraction of sp³-hybridized carbons (Fsp3) is 0.361. The third-order valence-corrected chi connectivity index (χ3v) is 10.8. The van der Waals surface area contributed by atoms with Crippen molar-refractivity contribution >= 4 is 55.0 Å². The van der Waals surface area contributed by atoms with Crippen LogP contribution < -0.4 is 4.90 Å². The number of anilines is 1. The lowest BCUT2D eigenvalue weighted by Gasteiger charge is -2.42. The van der Waals surface area contributed by atoms with Crippen molar-refractivity contribution in [3.8, 4) is 0 Å². The van der Waals surface area contributed by atoms with Gasteiger partial charge in [-0.1, -0.05) is 80.4 Å². The van der Waals surface area contributed by atoms with Gasteiger partial charge in [0.1, 0.15) is 12.0 Å². The molecule has 2 amide bonds. The Bertz CT molecular complexity index is 1860. The number of sulfonamides is 1. The summed E-state index contributed by atoms with van der Waals surface area (Å²) < 4.78 is 34.4. The SMILES string of the molecule is CCCCC1CN(C(=O)C(C)N(C(=O)C(C)C(=O)OC)c2ccc3ccccc3c2)CCN1S(=O)(=O)c1ccc2ccccc2c1. The number of nitrogens with zero attached hydrogens (tertiary/aromatic N) is 3. The molecule has 0 radical (unpaired) electrons. The topological polar surface area (TPSA) is 104 Å². The Labute approximate surface area is 270 Å². The molecule has 0 bridgehead atoms. The van der Waals surface area contributed by atoms with Crippen molar-refractivity contribution < 1.29 is 27.5 Å². The van der Waals surface area contributed by atoms with Crippen molar-refractivity contribution in [3.05, 3.63) is 84.9 Å². The van der Waals surface area contributed by atoms with E-state index in [1.165, 1.54) is 23.2 Å². The molecule has 4 aromatic rings. The van der Waals surface area contributed by atoms with Crippen LogP contribution >= 0.6 is 0 Å². The van der Waals surface area contributed by atoms with Gasteiger partial charge in [0.2, 0.25) is 21.8 Å². The Morgan fingerprint density at radius 1 is 0.870 bits per heavy atom. The number of hydrogen-bond acceptors (Lipinski definition) is 6. The van der Waals surface area contributed by atoms with E-state index in [-0.39, 0.29) is 30.4 Å². The van der Waals surface area contributed by atoms with Crippen LogP contribution in [0.2, 0.25) is 0 Å². The van der Waals surface area contributed by atoms with Gasteiger partial charge in [-0.25, -0.2) is 8.42 Å². The number of benzene rings is 4. The van der Waals surface area contributed by atoms with Gasteiger partial charge >= 0.3 is 5.97 Å². The van der Waals surface area contributed by atoms with E-state index < -0.39 is 39.9 Å². The highest BCUT2D eigenvalue weighted by atomic mass is 32.2. The molecule has 0 aromatic heterocycles. The minimum absolute atomic E-state index is 0.129. The Balaban J connectivity index is 1.43. The summed E-state index contributed by atoms with van der Waals surface area (Å²) in [5, 5.41) is 3.66.